The van der Waals surface area contributed by atoms with Crippen molar-refractivity contribution in [3.8, 4) is 0 Å². The lowest BCUT2D eigenvalue weighted by atomic mass is 10.1. The molecule has 0 fully saturated rings. The maximum atomic E-state index is 12.8. The normalized spacial score (nSPS) is 16.6. The molecule has 0 unspecified atom stereocenters. The maximum absolute atomic E-state index is 12.8. The van der Waals surface area contributed by atoms with Crippen LogP contribution >= 0.6 is 0 Å². The van der Waals surface area contributed by atoms with Gasteiger partial charge in [-0.05, 0) is 55.7 Å². The highest BCUT2D eigenvalue weighted by atomic mass is 16.6. The van der Waals surface area contributed by atoms with E-state index < -0.39 is 17.0 Å². The molecule has 28 heavy (non-hydrogen) atoms. The van der Waals surface area contributed by atoms with Gasteiger partial charge in [-0.1, -0.05) is 18.2 Å². The largest absolute Gasteiger partial charge is 0.449 e. The van der Waals surface area contributed by atoms with Gasteiger partial charge in [0.05, 0.1) is 4.92 Å². The molecule has 1 aliphatic rings. The Balaban J connectivity index is 1.62. The molecule has 0 radical (unpaired) electrons. The second-order valence-corrected chi connectivity index (χ2v) is 6.65. The molecule has 0 spiro atoms. The first-order chi connectivity index (χ1) is 13.4. The molecule has 0 bridgehead atoms. The number of para-hydroxylation sites is 1. The molecule has 7 nitrogen and oxygen atoms in total. The van der Waals surface area contributed by atoms with Crippen molar-refractivity contribution >= 4 is 29.3 Å². The van der Waals surface area contributed by atoms with Gasteiger partial charge in [0.15, 0.2) is 6.10 Å². The van der Waals surface area contributed by atoms with Crippen molar-refractivity contribution in [1.29, 1.82) is 0 Å². The Hall–Kier alpha value is -3.48. The molecule has 2 atom stereocenters. The van der Waals surface area contributed by atoms with Crippen LogP contribution in [0.25, 0.3) is 6.08 Å². The number of amides is 1. The molecule has 7 heteroatoms. The van der Waals surface area contributed by atoms with Crippen LogP contribution in [0.1, 0.15) is 25.0 Å². The van der Waals surface area contributed by atoms with Crippen LogP contribution in [0.5, 0.6) is 0 Å². The molecular weight excluding hydrogens is 360 g/mol. The molecule has 0 N–H and O–H groups in total. The number of non-ortho nitro benzene ring substituents is 1. The highest BCUT2D eigenvalue weighted by Crippen LogP contribution is 2.32. The van der Waals surface area contributed by atoms with Crippen LogP contribution in [0.2, 0.25) is 0 Å². The van der Waals surface area contributed by atoms with Gasteiger partial charge >= 0.3 is 5.97 Å². The molecule has 2 aromatic carbocycles. The topological polar surface area (TPSA) is 89.7 Å². The Morgan fingerprint density at radius 1 is 1.21 bits per heavy atom. The van der Waals surface area contributed by atoms with Gasteiger partial charge in [0.2, 0.25) is 0 Å². The molecule has 144 valence electrons. The number of nitrogens with zero attached hydrogens (tertiary/aromatic N) is 2. The zero-order valence-electron chi connectivity index (χ0n) is 15.6. The standard InChI is InChI=1S/C21H20N2O5/c1-14-13-17-5-3-4-6-19(17)22(14)21(25)15(2)28-20(24)12-9-16-7-10-18(11-8-16)23(26)27/h3-12,14-15H,13H2,1-2H3/b12-9+/t14-,15+/m1/s1. The van der Waals surface area contributed by atoms with E-state index in [1.165, 1.54) is 36.4 Å². The van der Waals surface area contributed by atoms with E-state index in [-0.39, 0.29) is 17.6 Å². The van der Waals surface area contributed by atoms with Gasteiger partial charge in [-0.3, -0.25) is 14.9 Å². The van der Waals surface area contributed by atoms with Gasteiger partial charge < -0.3 is 9.64 Å². The number of fused-ring (bicyclic) bond motifs is 1. The number of rotatable bonds is 5. The summed E-state index contributed by atoms with van der Waals surface area (Å²) in [5.74, 6) is -0.922. The average Bonchev–Trinajstić information content (AvgIpc) is 3.01. The van der Waals surface area contributed by atoms with Crippen molar-refractivity contribution in [3.63, 3.8) is 0 Å². The van der Waals surface area contributed by atoms with Crippen LogP contribution in [0, 0.1) is 10.1 Å². The first-order valence-corrected chi connectivity index (χ1v) is 8.91. The van der Waals surface area contributed by atoms with Crippen LogP contribution in [0.15, 0.2) is 54.6 Å². The quantitative estimate of drug-likeness (QED) is 0.343. The summed E-state index contributed by atoms with van der Waals surface area (Å²) in [6.45, 7) is 3.51. The smallest absolute Gasteiger partial charge is 0.331 e. The molecule has 3 rings (SSSR count). The molecule has 1 heterocycles. The molecule has 0 saturated carbocycles. The zero-order valence-corrected chi connectivity index (χ0v) is 15.6. The van der Waals surface area contributed by atoms with E-state index in [9.17, 15) is 19.7 Å². The number of esters is 1. The summed E-state index contributed by atoms with van der Waals surface area (Å²) in [5, 5.41) is 10.7. The molecule has 0 aromatic heterocycles. The zero-order chi connectivity index (χ0) is 20.3. The van der Waals surface area contributed by atoms with Crippen LogP contribution < -0.4 is 4.90 Å². The number of hydrogen-bond donors (Lipinski definition) is 0. The summed E-state index contributed by atoms with van der Waals surface area (Å²) < 4.78 is 5.25. The monoisotopic (exact) mass is 380 g/mol. The second kappa shape index (κ2) is 8.04. The maximum Gasteiger partial charge on any atom is 0.331 e. The van der Waals surface area contributed by atoms with Crippen LogP contribution in [0.3, 0.4) is 0 Å². The van der Waals surface area contributed by atoms with Gasteiger partial charge in [-0.15, -0.1) is 0 Å². The lowest BCUT2D eigenvalue weighted by molar-refractivity contribution is -0.384. The first-order valence-electron chi connectivity index (χ1n) is 8.91. The summed E-state index contributed by atoms with van der Waals surface area (Å²) in [5.41, 5.74) is 2.53. The number of carbonyl (C=O) groups excluding carboxylic acids is 2. The summed E-state index contributed by atoms with van der Waals surface area (Å²) in [6, 6.07) is 13.4. The van der Waals surface area contributed by atoms with Crippen LogP contribution in [-0.4, -0.2) is 28.9 Å². The van der Waals surface area contributed by atoms with Crippen LogP contribution in [-0.2, 0) is 20.7 Å². The van der Waals surface area contributed by atoms with Crippen molar-refractivity contribution in [1.82, 2.24) is 0 Å². The molecule has 2 aromatic rings. The van der Waals surface area contributed by atoms with E-state index in [4.69, 9.17) is 4.74 Å². The minimum atomic E-state index is -0.928. The Kier molecular flexibility index (Phi) is 5.54. The van der Waals surface area contributed by atoms with E-state index in [1.54, 1.807) is 11.8 Å². The predicted octanol–water partition coefficient (Wildman–Crippen LogP) is 3.52. The van der Waals surface area contributed by atoms with Gasteiger partial charge in [-0.2, -0.15) is 0 Å². The van der Waals surface area contributed by atoms with Gasteiger partial charge in [0.25, 0.3) is 11.6 Å². The van der Waals surface area contributed by atoms with Crippen molar-refractivity contribution in [2.75, 3.05) is 4.90 Å². The number of ether oxygens (including phenoxy) is 1. The van der Waals surface area contributed by atoms with E-state index >= 15 is 0 Å². The number of nitro benzene ring substituents is 1. The van der Waals surface area contributed by atoms with Crippen LogP contribution in [0.4, 0.5) is 11.4 Å². The molecule has 0 aliphatic carbocycles. The number of benzene rings is 2. The fourth-order valence-electron chi connectivity index (χ4n) is 3.23. The summed E-state index contributed by atoms with van der Waals surface area (Å²) >= 11 is 0. The van der Waals surface area contributed by atoms with Crippen molar-refractivity contribution in [3.05, 3.63) is 75.8 Å². The highest BCUT2D eigenvalue weighted by molar-refractivity contribution is 6.00. The van der Waals surface area contributed by atoms with E-state index in [2.05, 4.69) is 0 Å². The number of nitro groups is 1. The number of carbonyl (C=O) groups is 2. The van der Waals surface area contributed by atoms with E-state index in [1.807, 2.05) is 31.2 Å². The Labute approximate surface area is 162 Å². The minimum Gasteiger partial charge on any atom is -0.449 e. The lowest BCUT2D eigenvalue weighted by Gasteiger charge is -2.25. The Morgan fingerprint density at radius 3 is 2.57 bits per heavy atom. The molecular formula is C21H20N2O5. The third-order valence-electron chi connectivity index (χ3n) is 4.60. The summed E-state index contributed by atoms with van der Waals surface area (Å²) in [7, 11) is 0. The van der Waals surface area contributed by atoms with Gasteiger partial charge in [0, 0.05) is 29.9 Å². The minimum absolute atomic E-state index is 0.00158. The van der Waals surface area contributed by atoms with Crippen molar-refractivity contribution < 1.29 is 19.2 Å². The lowest BCUT2D eigenvalue weighted by Crippen LogP contribution is -2.43. The fraction of sp³-hybridized carbons (Fsp3) is 0.238. The predicted molar refractivity (Wildman–Crippen MR) is 105 cm³/mol. The fourth-order valence-corrected chi connectivity index (χ4v) is 3.23. The molecule has 1 aliphatic heterocycles. The Morgan fingerprint density at radius 2 is 1.89 bits per heavy atom. The highest BCUT2D eigenvalue weighted by Gasteiger charge is 2.34. The van der Waals surface area contributed by atoms with Gasteiger partial charge in [-0.25, -0.2) is 4.79 Å². The Bertz CT molecular complexity index is 936. The third-order valence-corrected chi connectivity index (χ3v) is 4.60. The van der Waals surface area contributed by atoms with Crippen molar-refractivity contribution in [2.45, 2.75) is 32.4 Å². The van der Waals surface area contributed by atoms with E-state index in [0.29, 0.717) is 5.56 Å². The number of hydrogen-bond acceptors (Lipinski definition) is 5. The molecule has 1 amide bonds. The van der Waals surface area contributed by atoms with E-state index in [0.717, 1.165) is 17.7 Å². The number of anilines is 1. The average molecular weight is 380 g/mol. The first kappa shape index (κ1) is 19.3. The van der Waals surface area contributed by atoms with Crippen molar-refractivity contribution in [2.24, 2.45) is 0 Å². The SMILES string of the molecule is C[C@H](OC(=O)/C=C/c1ccc([N+](=O)[O-])cc1)C(=O)N1c2ccccc2C[C@H]1C. The summed E-state index contributed by atoms with van der Waals surface area (Å²) in [6.07, 6.45) is 2.52. The second-order valence-electron chi connectivity index (χ2n) is 6.65. The van der Waals surface area contributed by atoms with Gasteiger partial charge in [0.1, 0.15) is 0 Å². The summed E-state index contributed by atoms with van der Waals surface area (Å²) in [4.78, 5) is 36.7. The third kappa shape index (κ3) is 4.09. The molecule has 0 saturated heterocycles.